The van der Waals surface area contributed by atoms with Crippen LogP contribution in [0.15, 0.2) is 18.5 Å². The number of hydrogen-bond acceptors (Lipinski definition) is 3. The third-order valence-electron chi connectivity index (χ3n) is 2.62. The normalized spacial score (nSPS) is 12.4. The second kappa shape index (κ2) is 5.49. The predicted octanol–water partition coefficient (Wildman–Crippen LogP) is 2.21. The Bertz CT molecular complexity index is 336. The molecule has 0 saturated carbocycles. The number of pyridine rings is 1. The molecule has 15 heavy (non-hydrogen) atoms. The number of carbonyl (C=O) groups is 1. The van der Waals surface area contributed by atoms with Crippen LogP contribution in [0.5, 0.6) is 0 Å². The Balaban J connectivity index is 2.74. The van der Waals surface area contributed by atoms with Crippen molar-refractivity contribution >= 4 is 11.5 Å². The first-order chi connectivity index (χ1) is 7.15. The van der Waals surface area contributed by atoms with Gasteiger partial charge in [-0.05, 0) is 31.4 Å². The van der Waals surface area contributed by atoms with Crippen LogP contribution in [0.25, 0.3) is 0 Å². The van der Waals surface area contributed by atoms with Crippen molar-refractivity contribution in [2.24, 2.45) is 5.92 Å². The summed E-state index contributed by atoms with van der Waals surface area (Å²) in [6.07, 6.45) is 6.07. The highest BCUT2D eigenvalue weighted by atomic mass is 16.1. The van der Waals surface area contributed by atoms with Crippen molar-refractivity contribution < 1.29 is 4.79 Å². The number of carbonyl (C=O) groups excluding carboxylic acids is 1. The number of nitrogens with two attached hydrogens (primary N) is 1. The lowest BCUT2D eigenvalue weighted by Gasteiger charge is -2.13. The number of ketones is 1. The largest absolute Gasteiger partial charge is 0.398 e. The maximum atomic E-state index is 11.4. The zero-order valence-corrected chi connectivity index (χ0v) is 9.36. The smallest absolute Gasteiger partial charge is 0.133 e. The summed E-state index contributed by atoms with van der Waals surface area (Å²) in [5, 5.41) is 0. The number of rotatable bonds is 5. The number of nitrogen functional groups attached to an aromatic ring is 1. The average molecular weight is 206 g/mol. The van der Waals surface area contributed by atoms with E-state index >= 15 is 0 Å². The van der Waals surface area contributed by atoms with Gasteiger partial charge in [0.2, 0.25) is 0 Å². The Labute approximate surface area is 90.7 Å². The van der Waals surface area contributed by atoms with Crippen LogP contribution < -0.4 is 5.73 Å². The Morgan fingerprint density at radius 3 is 2.87 bits per heavy atom. The summed E-state index contributed by atoms with van der Waals surface area (Å²) >= 11 is 0. The van der Waals surface area contributed by atoms with Gasteiger partial charge < -0.3 is 5.73 Å². The Kier molecular flexibility index (Phi) is 4.28. The first kappa shape index (κ1) is 11.7. The average Bonchev–Trinajstić information content (AvgIpc) is 2.20. The fourth-order valence-electron chi connectivity index (χ4n) is 1.67. The zero-order chi connectivity index (χ0) is 11.3. The standard InChI is InChI=1S/C12H18N2O/c1-3-4-10(9(2)15)7-11-8-14-6-5-12(11)13/h5-6,8,10H,3-4,7H2,1-2H3,(H2,13,14). The molecule has 0 aliphatic heterocycles. The van der Waals surface area contributed by atoms with Crippen molar-refractivity contribution in [3.63, 3.8) is 0 Å². The van der Waals surface area contributed by atoms with Gasteiger partial charge in [-0.3, -0.25) is 9.78 Å². The number of hydrogen-bond donors (Lipinski definition) is 1. The minimum Gasteiger partial charge on any atom is -0.398 e. The van der Waals surface area contributed by atoms with Crippen LogP contribution >= 0.6 is 0 Å². The lowest BCUT2D eigenvalue weighted by Crippen LogP contribution is -2.14. The van der Waals surface area contributed by atoms with E-state index in [1.54, 1.807) is 25.4 Å². The van der Waals surface area contributed by atoms with E-state index in [0.717, 1.165) is 24.1 Å². The van der Waals surface area contributed by atoms with E-state index in [1.165, 1.54) is 0 Å². The molecule has 0 aliphatic rings. The Morgan fingerprint density at radius 1 is 1.60 bits per heavy atom. The van der Waals surface area contributed by atoms with E-state index in [1.807, 2.05) is 0 Å². The molecule has 3 nitrogen and oxygen atoms in total. The molecular weight excluding hydrogens is 188 g/mol. The number of nitrogens with zero attached hydrogens (tertiary/aromatic N) is 1. The molecular formula is C12H18N2O. The molecule has 3 heteroatoms. The summed E-state index contributed by atoms with van der Waals surface area (Å²) in [4.78, 5) is 15.4. The molecule has 1 aromatic heterocycles. The van der Waals surface area contributed by atoms with E-state index in [4.69, 9.17) is 5.73 Å². The lowest BCUT2D eigenvalue weighted by molar-refractivity contribution is -0.120. The molecule has 0 aliphatic carbocycles. The third-order valence-corrected chi connectivity index (χ3v) is 2.62. The number of Topliss-reactive ketones (excluding diaryl/α,β-unsaturated/α-hetero) is 1. The van der Waals surface area contributed by atoms with Gasteiger partial charge in [0, 0.05) is 24.0 Å². The van der Waals surface area contributed by atoms with Crippen LogP contribution in [0, 0.1) is 5.92 Å². The van der Waals surface area contributed by atoms with Crippen molar-refractivity contribution in [1.82, 2.24) is 4.98 Å². The summed E-state index contributed by atoms with van der Waals surface area (Å²) in [7, 11) is 0. The summed E-state index contributed by atoms with van der Waals surface area (Å²) in [5.41, 5.74) is 7.52. The van der Waals surface area contributed by atoms with Crippen LogP contribution in [0.2, 0.25) is 0 Å². The first-order valence-electron chi connectivity index (χ1n) is 5.34. The highest BCUT2D eigenvalue weighted by Crippen LogP contribution is 2.18. The van der Waals surface area contributed by atoms with Gasteiger partial charge in [0.05, 0.1) is 0 Å². The van der Waals surface area contributed by atoms with Gasteiger partial charge in [-0.1, -0.05) is 13.3 Å². The van der Waals surface area contributed by atoms with E-state index in [-0.39, 0.29) is 11.7 Å². The van der Waals surface area contributed by atoms with E-state index in [9.17, 15) is 4.79 Å². The van der Waals surface area contributed by atoms with Crippen molar-refractivity contribution in [3.8, 4) is 0 Å². The molecule has 0 aromatic carbocycles. The molecule has 2 N–H and O–H groups in total. The van der Waals surface area contributed by atoms with E-state index < -0.39 is 0 Å². The molecule has 0 saturated heterocycles. The zero-order valence-electron chi connectivity index (χ0n) is 9.36. The quantitative estimate of drug-likeness (QED) is 0.803. The number of aromatic nitrogens is 1. The molecule has 1 unspecified atom stereocenters. The van der Waals surface area contributed by atoms with Crippen LogP contribution in [-0.4, -0.2) is 10.8 Å². The van der Waals surface area contributed by atoms with Gasteiger partial charge in [-0.25, -0.2) is 0 Å². The molecule has 0 radical (unpaired) electrons. The molecule has 0 amide bonds. The van der Waals surface area contributed by atoms with Gasteiger partial charge in [-0.15, -0.1) is 0 Å². The van der Waals surface area contributed by atoms with E-state index in [0.29, 0.717) is 6.42 Å². The van der Waals surface area contributed by atoms with Crippen molar-refractivity contribution in [2.75, 3.05) is 5.73 Å². The fourth-order valence-corrected chi connectivity index (χ4v) is 1.67. The van der Waals surface area contributed by atoms with Crippen LogP contribution in [0.3, 0.4) is 0 Å². The maximum Gasteiger partial charge on any atom is 0.133 e. The highest BCUT2D eigenvalue weighted by molar-refractivity contribution is 5.78. The Morgan fingerprint density at radius 2 is 2.33 bits per heavy atom. The molecule has 1 aromatic rings. The topological polar surface area (TPSA) is 56.0 Å². The second-order valence-electron chi connectivity index (χ2n) is 3.87. The molecule has 82 valence electrons. The summed E-state index contributed by atoms with van der Waals surface area (Å²) < 4.78 is 0. The van der Waals surface area contributed by atoms with Crippen molar-refractivity contribution in [2.45, 2.75) is 33.1 Å². The lowest BCUT2D eigenvalue weighted by atomic mass is 9.92. The van der Waals surface area contributed by atoms with Crippen LogP contribution in [0.1, 0.15) is 32.3 Å². The second-order valence-corrected chi connectivity index (χ2v) is 3.87. The minimum absolute atomic E-state index is 0.0847. The Hall–Kier alpha value is -1.38. The fraction of sp³-hybridized carbons (Fsp3) is 0.500. The van der Waals surface area contributed by atoms with Gasteiger partial charge in [0.25, 0.3) is 0 Å². The summed E-state index contributed by atoms with van der Waals surface area (Å²) in [5.74, 6) is 0.321. The SMILES string of the molecule is CCCC(Cc1cnccc1N)C(C)=O. The molecule has 0 fully saturated rings. The maximum absolute atomic E-state index is 11.4. The molecule has 0 bridgehead atoms. The molecule has 1 atom stereocenters. The molecule has 1 rings (SSSR count). The summed E-state index contributed by atoms with van der Waals surface area (Å²) in [6, 6.07) is 1.78. The molecule has 0 spiro atoms. The van der Waals surface area contributed by atoms with Crippen LogP contribution in [-0.2, 0) is 11.2 Å². The van der Waals surface area contributed by atoms with E-state index in [2.05, 4.69) is 11.9 Å². The van der Waals surface area contributed by atoms with Gasteiger partial charge >= 0.3 is 0 Å². The van der Waals surface area contributed by atoms with Crippen molar-refractivity contribution in [1.29, 1.82) is 0 Å². The highest BCUT2D eigenvalue weighted by Gasteiger charge is 2.15. The first-order valence-corrected chi connectivity index (χ1v) is 5.34. The minimum atomic E-state index is 0.0847. The molecule has 1 heterocycles. The van der Waals surface area contributed by atoms with Crippen molar-refractivity contribution in [3.05, 3.63) is 24.0 Å². The summed E-state index contributed by atoms with van der Waals surface area (Å²) in [6.45, 7) is 3.73. The predicted molar refractivity (Wildman–Crippen MR) is 61.4 cm³/mol. The van der Waals surface area contributed by atoms with Gasteiger partial charge in [0.1, 0.15) is 5.78 Å². The third kappa shape index (κ3) is 3.35. The monoisotopic (exact) mass is 206 g/mol. The van der Waals surface area contributed by atoms with Gasteiger partial charge in [0.15, 0.2) is 0 Å². The van der Waals surface area contributed by atoms with Crippen LogP contribution in [0.4, 0.5) is 5.69 Å². The number of anilines is 1. The van der Waals surface area contributed by atoms with Gasteiger partial charge in [-0.2, -0.15) is 0 Å².